The molecule has 0 amide bonds. The van der Waals surface area contributed by atoms with E-state index >= 15 is 0 Å². The second kappa shape index (κ2) is 5.14. The molecule has 0 aliphatic heterocycles. The minimum Gasteiger partial charge on any atom is -0.298 e. The molecular weight excluding hydrogens is 312 g/mol. The van der Waals surface area contributed by atoms with Crippen molar-refractivity contribution in [2.75, 3.05) is 0 Å². The zero-order valence-electron chi connectivity index (χ0n) is 11.7. The summed E-state index contributed by atoms with van der Waals surface area (Å²) in [6.45, 7) is 1.65. The first-order chi connectivity index (χ1) is 10.4. The van der Waals surface area contributed by atoms with Crippen LogP contribution in [0.2, 0.25) is 5.15 Å². The third kappa shape index (κ3) is 2.25. The van der Waals surface area contributed by atoms with Crippen LogP contribution in [0.3, 0.4) is 0 Å². The van der Waals surface area contributed by atoms with Crippen molar-refractivity contribution in [3.05, 3.63) is 57.2 Å². The fourth-order valence-corrected chi connectivity index (χ4v) is 2.42. The Hall–Kier alpha value is -2.34. The van der Waals surface area contributed by atoms with Crippen LogP contribution in [0.1, 0.15) is 5.82 Å². The van der Waals surface area contributed by atoms with Crippen LogP contribution < -0.4 is 5.56 Å². The number of aryl methyl sites for hydroxylation is 1. The van der Waals surface area contributed by atoms with Crippen LogP contribution >= 0.6 is 11.6 Å². The van der Waals surface area contributed by atoms with Crippen molar-refractivity contribution in [2.24, 2.45) is 7.05 Å². The van der Waals surface area contributed by atoms with Gasteiger partial charge in [-0.3, -0.25) is 9.36 Å². The second-order valence-electron chi connectivity index (χ2n) is 4.84. The highest BCUT2D eigenvalue weighted by Gasteiger charge is 2.16. The van der Waals surface area contributed by atoms with Gasteiger partial charge in [-0.05, 0) is 25.1 Å². The zero-order chi connectivity index (χ0) is 16.0. The average molecular weight is 322 g/mol. The second-order valence-corrected chi connectivity index (χ2v) is 5.22. The van der Waals surface area contributed by atoms with Gasteiger partial charge in [-0.15, -0.1) is 0 Å². The van der Waals surface area contributed by atoms with E-state index in [1.807, 2.05) is 0 Å². The molecule has 0 aliphatic carbocycles. The number of nitrogens with zero attached hydrogens (tertiary/aromatic N) is 3. The van der Waals surface area contributed by atoms with Gasteiger partial charge in [0.15, 0.2) is 5.52 Å². The first-order valence-corrected chi connectivity index (χ1v) is 6.75. The van der Waals surface area contributed by atoms with Gasteiger partial charge < -0.3 is 0 Å². The Bertz CT molecular complexity index is 969. The molecule has 0 saturated carbocycles. The van der Waals surface area contributed by atoms with Crippen LogP contribution in [-0.4, -0.2) is 14.5 Å². The van der Waals surface area contributed by atoms with Crippen LogP contribution in [0.25, 0.3) is 22.2 Å². The minimum atomic E-state index is -0.760. The van der Waals surface area contributed by atoms with E-state index in [1.165, 1.54) is 16.7 Å². The van der Waals surface area contributed by atoms with E-state index in [-0.39, 0.29) is 27.3 Å². The third-order valence-corrected chi connectivity index (χ3v) is 3.64. The average Bonchev–Trinajstić information content (AvgIpc) is 2.46. The number of benzene rings is 1. The van der Waals surface area contributed by atoms with E-state index in [0.717, 1.165) is 12.1 Å². The van der Waals surface area contributed by atoms with Crippen molar-refractivity contribution < 1.29 is 8.78 Å². The molecule has 1 aromatic carbocycles. The number of halogens is 3. The summed E-state index contributed by atoms with van der Waals surface area (Å²) in [6.07, 6.45) is 0. The summed E-state index contributed by atoms with van der Waals surface area (Å²) in [5.41, 5.74) is 0.299. The van der Waals surface area contributed by atoms with Gasteiger partial charge in [-0.1, -0.05) is 11.6 Å². The lowest BCUT2D eigenvalue weighted by Gasteiger charge is -2.10. The summed E-state index contributed by atoms with van der Waals surface area (Å²) in [5.74, 6) is -1.00. The smallest absolute Gasteiger partial charge is 0.279 e. The van der Waals surface area contributed by atoms with Gasteiger partial charge in [0.1, 0.15) is 28.1 Å². The van der Waals surface area contributed by atoms with Crippen LogP contribution in [0.5, 0.6) is 0 Å². The number of rotatable bonds is 1. The molecule has 0 N–H and O–H groups in total. The Kier molecular flexibility index (Phi) is 3.41. The number of pyridine rings is 1. The van der Waals surface area contributed by atoms with Crippen molar-refractivity contribution in [3.63, 3.8) is 0 Å². The lowest BCUT2D eigenvalue weighted by molar-refractivity contribution is 0.585. The molecule has 0 saturated heterocycles. The van der Waals surface area contributed by atoms with Gasteiger partial charge in [0.25, 0.3) is 5.56 Å². The van der Waals surface area contributed by atoms with Gasteiger partial charge in [-0.25, -0.2) is 18.7 Å². The van der Waals surface area contributed by atoms with Crippen molar-refractivity contribution >= 4 is 22.6 Å². The Balaban J connectivity index is 2.46. The first-order valence-electron chi connectivity index (χ1n) is 6.38. The van der Waals surface area contributed by atoms with Crippen molar-refractivity contribution in [3.8, 4) is 11.1 Å². The molecule has 7 heteroatoms. The van der Waals surface area contributed by atoms with Crippen molar-refractivity contribution in [1.82, 2.24) is 14.5 Å². The molecule has 0 atom stereocenters. The van der Waals surface area contributed by atoms with E-state index < -0.39 is 11.6 Å². The van der Waals surface area contributed by atoms with E-state index in [4.69, 9.17) is 11.6 Å². The molecule has 2 heterocycles. The summed E-state index contributed by atoms with van der Waals surface area (Å²) < 4.78 is 28.5. The largest absolute Gasteiger partial charge is 0.298 e. The maximum absolute atomic E-state index is 14.1. The molecule has 3 aromatic rings. The van der Waals surface area contributed by atoms with Crippen molar-refractivity contribution in [2.45, 2.75) is 6.92 Å². The Morgan fingerprint density at radius 3 is 2.50 bits per heavy atom. The minimum absolute atomic E-state index is 0.0361. The highest BCUT2D eigenvalue weighted by atomic mass is 35.5. The predicted molar refractivity (Wildman–Crippen MR) is 79.9 cm³/mol. The fourth-order valence-electron chi connectivity index (χ4n) is 2.23. The molecule has 0 aliphatic rings. The molecule has 0 fully saturated rings. The van der Waals surface area contributed by atoms with E-state index in [0.29, 0.717) is 11.4 Å². The summed E-state index contributed by atoms with van der Waals surface area (Å²) in [5, 5.41) is 0.0361. The third-order valence-electron chi connectivity index (χ3n) is 3.45. The fraction of sp³-hybridized carbons (Fsp3) is 0.133. The lowest BCUT2D eigenvalue weighted by Crippen LogP contribution is -2.21. The number of fused-ring (bicyclic) bond motifs is 1. The van der Waals surface area contributed by atoms with E-state index in [1.54, 1.807) is 14.0 Å². The highest BCUT2D eigenvalue weighted by molar-refractivity contribution is 6.30. The molecule has 0 bridgehead atoms. The molecule has 3 rings (SSSR count). The molecular formula is C15H10ClF2N3O. The Labute approximate surface area is 129 Å². The summed E-state index contributed by atoms with van der Waals surface area (Å²) in [7, 11) is 1.56. The van der Waals surface area contributed by atoms with Gasteiger partial charge >= 0.3 is 0 Å². The SMILES string of the molecule is Cc1nc2c(-c3ccc(F)cc3F)cc(Cl)nc2c(=O)n1C. The number of aromatic nitrogens is 3. The predicted octanol–water partition coefficient (Wildman–Crippen LogP) is 3.24. The van der Waals surface area contributed by atoms with Crippen LogP contribution in [0, 0.1) is 18.6 Å². The molecule has 4 nitrogen and oxygen atoms in total. The monoisotopic (exact) mass is 321 g/mol. The Morgan fingerprint density at radius 2 is 1.82 bits per heavy atom. The van der Waals surface area contributed by atoms with Crippen LogP contribution in [0.15, 0.2) is 29.1 Å². The number of hydrogen-bond donors (Lipinski definition) is 0. The number of hydrogen-bond acceptors (Lipinski definition) is 3. The van der Waals surface area contributed by atoms with Crippen molar-refractivity contribution in [1.29, 1.82) is 0 Å². The lowest BCUT2D eigenvalue weighted by atomic mass is 10.0. The highest BCUT2D eigenvalue weighted by Crippen LogP contribution is 2.30. The summed E-state index contributed by atoms with van der Waals surface area (Å²) in [4.78, 5) is 20.6. The zero-order valence-corrected chi connectivity index (χ0v) is 12.4. The molecule has 112 valence electrons. The molecule has 0 radical (unpaired) electrons. The van der Waals surface area contributed by atoms with Crippen LogP contribution in [0.4, 0.5) is 8.78 Å². The molecule has 0 spiro atoms. The quantitative estimate of drug-likeness (QED) is 0.646. The van der Waals surface area contributed by atoms with Gasteiger partial charge in [-0.2, -0.15) is 0 Å². The first kappa shape index (κ1) is 14.6. The van der Waals surface area contributed by atoms with Crippen LogP contribution in [-0.2, 0) is 7.05 Å². The molecule has 2 aromatic heterocycles. The van der Waals surface area contributed by atoms with Gasteiger partial charge in [0, 0.05) is 24.2 Å². The normalized spacial score (nSPS) is 11.1. The summed E-state index contributed by atoms with van der Waals surface area (Å²) >= 11 is 5.94. The Morgan fingerprint density at radius 1 is 1.09 bits per heavy atom. The topological polar surface area (TPSA) is 47.8 Å². The molecule has 22 heavy (non-hydrogen) atoms. The van der Waals surface area contributed by atoms with E-state index in [9.17, 15) is 13.6 Å². The van der Waals surface area contributed by atoms with E-state index in [2.05, 4.69) is 9.97 Å². The van der Waals surface area contributed by atoms with Gasteiger partial charge in [0.05, 0.1) is 0 Å². The summed E-state index contributed by atoms with van der Waals surface area (Å²) in [6, 6.07) is 4.59. The molecule has 0 unspecified atom stereocenters. The maximum Gasteiger partial charge on any atom is 0.279 e. The standard InChI is InChI=1S/C15H10ClF2N3O/c1-7-19-13-10(9-4-3-8(17)5-11(9)18)6-12(16)20-14(13)15(22)21(7)2/h3-6H,1-2H3. The van der Waals surface area contributed by atoms with Gasteiger partial charge in [0.2, 0.25) is 0 Å². The maximum atomic E-state index is 14.1.